The Hall–Kier alpha value is -3.55. The lowest BCUT2D eigenvalue weighted by Crippen LogP contribution is -2.34. The normalized spacial score (nSPS) is 10.6. The summed E-state index contributed by atoms with van der Waals surface area (Å²) >= 11 is 0. The van der Waals surface area contributed by atoms with Gasteiger partial charge in [-0.15, -0.1) is 0 Å². The van der Waals surface area contributed by atoms with Crippen molar-refractivity contribution in [1.82, 2.24) is 10.7 Å². The van der Waals surface area contributed by atoms with E-state index in [0.29, 0.717) is 23.5 Å². The van der Waals surface area contributed by atoms with E-state index in [1.165, 1.54) is 18.3 Å². The van der Waals surface area contributed by atoms with Gasteiger partial charge in [-0.2, -0.15) is 5.10 Å². The van der Waals surface area contributed by atoms with E-state index in [1.54, 1.807) is 24.3 Å². The first-order chi connectivity index (χ1) is 13.5. The quantitative estimate of drug-likeness (QED) is 0.299. The summed E-state index contributed by atoms with van der Waals surface area (Å²) in [5, 5.41) is 25.0. The molecule has 28 heavy (non-hydrogen) atoms. The fraction of sp³-hybridized carbons (Fsp3) is 0.250. The molecule has 0 aliphatic rings. The molecule has 2 amide bonds. The van der Waals surface area contributed by atoms with E-state index in [2.05, 4.69) is 22.8 Å². The van der Waals surface area contributed by atoms with Crippen molar-refractivity contribution in [3.8, 4) is 17.2 Å². The van der Waals surface area contributed by atoms with Crippen molar-refractivity contribution in [3.05, 3.63) is 53.6 Å². The number of hydrazone groups is 1. The van der Waals surface area contributed by atoms with Gasteiger partial charge < -0.3 is 20.3 Å². The number of nitrogens with zero attached hydrogens (tertiary/aromatic N) is 1. The summed E-state index contributed by atoms with van der Waals surface area (Å²) in [5.74, 6) is -0.484. The molecular weight excluding hydrogens is 362 g/mol. The van der Waals surface area contributed by atoms with Crippen LogP contribution in [0.25, 0.3) is 0 Å². The summed E-state index contributed by atoms with van der Waals surface area (Å²) < 4.78 is 5.53. The lowest BCUT2D eigenvalue weighted by molar-refractivity contribution is -0.120. The molecule has 2 aromatic rings. The Morgan fingerprint density at radius 2 is 1.89 bits per heavy atom. The van der Waals surface area contributed by atoms with Crippen LogP contribution in [-0.4, -0.2) is 41.4 Å². The van der Waals surface area contributed by atoms with Crippen LogP contribution in [0.5, 0.6) is 17.2 Å². The van der Waals surface area contributed by atoms with Gasteiger partial charge in [0, 0.05) is 17.2 Å². The topological polar surface area (TPSA) is 120 Å². The Morgan fingerprint density at radius 3 is 2.57 bits per heavy atom. The largest absolute Gasteiger partial charge is 0.508 e. The fourth-order valence-electron chi connectivity index (χ4n) is 2.15. The molecule has 2 aromatic carbocycles. The maximum atomic E-state index is 12.1. The van der Waals surface area contributed by atoms with Gasteiger partial charge in [0.2, 0.25) is 0 Å². The zero-order valence-corrected chi connectivity index (χ0v) is 15.5. The first kappa shape index (κ1) is 20.8. The molecule has 2 rings (SSSR count). The van der Waals surface area contributed by atoms with Crippen molar-refractivity contribution < 1.29 is 24.5 Å². The van der Waals surface area contributed by atoms with E-state index >= 15 is 0 Å². The van der Waals surface area contributed by atoms with Gasteiger partial charge in [-0.3, -0.25) is 9.59 Å². The highest BCUT2D eigenvalue weighted by Crippen LogP contribution is 2.20. The predicted molar refractivity (Wildman–Crippen MR) is 105 cm³/mol. The lowest BCUT2D eigenvalue weighted by Gasteiger charge is -2.07. The number of phenols is 2. The standard InChI is InChI=1S/C20H23N3O5/c1-2-3-10-28-17-8-5-14(6-9-17)20(27)21-13-19(26)23-22-12-15-4-7-16(24)11-18(15)25/h4-9,11-12,24-25H,2-3,10,13H2,1H3,(H,21,27)(H,23,26)/b22-12-. The SMILES string of the molecule is CCCCOc1ccc(C(=O)NCC(=O)N/N=C\c2ccc(O)cc2O)cc1. The molecule has 0 atom stereocenters. The van der Waals surface area contributed by atoms with E-state index in [0.717, 1.165) is 18.9 Å². The van der Waals surface area contributed by atoms with Gasteiger partial charge in [-0.25, -0.2) is 5.43 Å². The average Bonchev–Trinajstić information content (AvgIpc) is 2.68. The third-order valence-electron chi connectivity index (χ3n) is 3.70. The number of hydrogen-bond acceptors (Lipinski definition) is 6. The van der Waals surface area contributed by atoms with Crippen molar-refractivity contribution in [2.45, 2.75) is 19.8 Å². The number of hydrogen-bond donors (Lipinski definition) is 4. The summed E-state index contributed by atoms with van der Waals surface area (Å²) in [6.45, 7) is 2.45. The van der Waals surface area contributed by atoms with Crippen LogP contribution in [0, 0.1) is 0 Å². The molecule has 0 spiro atoms. The predicted octanol–water partition coefficient (Wildman–Crippen LogP) is 2.16. The van der Waals surface area contributed by atoms with E-state index in [4.69, 9.17) is 4.74 Å². The van der Waals surface area contributed by atoms with Crippen molar-refractivity contribution in [2.24, 2.45) is 5.10 Å². The van der Waals surface area contributed by atoms with E-state index in [-0.39, 0.29) is 18.0 Å². The maximum Gasteiger partial charge on any atom is 0.259 e. The first-order valence-corrected chi connectivity index (χ1v) is 8.84. The molecule has 0 fully saturated rings. The van der Waals surface area contributed by atoms with Gasteiger partial charge in [0.25, 0.3) is 11.8 Å². The highest BCUT2D eigenvalue weighted by atomic mass is 16.5. The number of ether oxygens (including phenoxy) is 1. The van der Waals surface area contributed by atoms with Crippen LogP contribution in [0.3, 0.4) is 0 Å². The second-order valence-corrected chi connectivity index (χ2v) is 5.95. The minimum atomic E-state index is -0.526. The molecule has 8 heteroatoms. The molecule has 0 bridgehead atoms. The minimum Gasteiger partial charge on any atom is -0.508 e. The summed E-state index contributed by atoms with van der Waals surface area (Å²) in [4.78, 5) is 23.8. The zero-order chi connectivity index (χ0) is 20.4. The van der Waals surface area contributed by atoms with E-state index < -0.39 is 11.8 Å². The fourth-order valence-corrected chi connectivity index (χ4v) is 2.15. The van der Waals surface area contributed by atoms with Crippen LogP contribution in [0.4, 0.5) is 0 Å². The van der Waals surface area contributed by atoms with Gasteiger partial charge in [-0.05, 0) is 42.8 Å². The molecular formula is C20H23N3O5. The van der Waals surface area contributed by atoms with Crippen LogP contribution < -0.4 is 15.5 Å². The Bertz CT molecular complexity index is 834. The number of benzene rings is 2. The van der Waals surface area contributed by atoms with Crippen molar-refractivity contribution in [2.75, 3.05) is 13.2 Å². The van der Waals surface area contributed by atoms with Gasteiger partial charge in [-0.1, -0.05) is 13.3 Å². The third kappa shape index (κ3) is 6.64. The van der Waals surface area contributed by atoms with Crippen LogP contribution in [0.2, 0.25) is 0 Å². The van der Waals surface area contributed by atoms with Gasteiger partial charge in [0.1, 0.15) is 17.2 Å². The van der Waals surface area contributed by atoms with Crippen LogP contribution in [0.1, 0.15) is 35.7 Å². The van der Waals surface area contributed by atoms with E-state index in [9.17, 15) is 19.8 Å². The summed E-state index contributed by atoms with van der Waals surface area (Å²) in [6, 6.07) is 10.6. The number of rotatable bonds is 9. The number of carbonyl (C=O) groups excluding carboxylic acids is 2. The van der Waals surface area contributed by atoms with Crippen LogP contribution in [0.15, 0.2) is 47.6 Å². The van der Waals surface area contributed by atoms with Crippen molar-refractivity contribution in [1.29, 1.82) is 0 Å². The molecule has 148 valence electrons. The first-order valence-electron chi connectivity index (χ1n) is 8.84. The van der Waals surface area contributed by atoms with Gasteiger partial charge >= 0.3 is 0 Å². The minimum absolute atomic E-state index is 0.0815. The monoisotopic (exact) mass is 385 g/mol. The number of unbranched alkanes of at least 4 members (excludes halogenated alkanes) is 1. The smallest absolute Gasteiger partial charge is 0.259 e. The van der Waals surface area contributed by atoms with Crippen molar-refractivity contribution in [3.63, 3.8) is 0 Å². The summed E-state index contributed by atoms with van der Waals surface area (Å²) in [7, 11) is 0. The third-order valence-corrected chi connectivity index (χ3v) is 3.70. The number of nitrogens with one attached hydrogen (secondary N) is 2. The van der Waals surface area contributed by atoms with Crippen LogP contribution >= 0.6 is 0 Å². The summed E-state index contributed by atoms with van der Waals surface area (Å²) in [6.07, 6.45) is 3.24. The lowest BCUT2D eigenvalue weighted by atomic mass is 10.2. The molecule has 0 aliphatic heterocycles. The second-order valence-electron chi connectivity index (χ2n) is 5.95. The number of carbonyl (C=O) groups is 2. The Kier molecular flexibility index (Phi) is 7.83. The molecule has 0 saturated heterocycles. The summed E-state index contributed by atoms with van der Waals surface area (Å²) in [5.41, 5.74) is 2.97. The average molecular weight is 385 g/mol. The Labute approximate surface area is 162 Å². The number of phenolic OH excluding ortho intramolecular Hbond substituents is 2. The van der Waals surface area contributed by atoms with Gasteiger partial charge in [0.05, 0.1) is 19.4 Å². The molecule has 0 saturated carbocycles. The molecule has 4 N–H and O–H groups in total. The number of aromatic hydroxyl groups is 2. The van der Waals surface area contributed by atoms with E-state index in [1.807, 2.05) is 0 Å². The number of amides is 2. The molecule has 0 radical (unpaired) electrons. The van der Waals surface area contributed by atoms with Gasteiger partial charge in [0.15, 0.2) is 0 Å². The zero-order valence-electron chi connectivity index (χ0n) is 15.5. The molecule has 0 unspecified atom stereocenters. The van der Waals surface area contributed by atoms with Crippen molar-refractivity contribution >= 4 is 18.0 Å². The molecule has 8 nitrogen and oxygen atoms in total. The molecule has 0 aromatic heterocycles. The Balaban J connectivity index is 1.77. The molecule has 0 heterocycles. The second kappa shape index (κ2) is 10.6. The molecule has 0 aliphatic carbocycles. The Morgan fingerprint density at radius 1 is 1.14 bits per heavy atom. The van der Waals surface area contributed by atoms with Crippen LogP contribution in [-0.2, 0) is 4.79 Å². The maximum absolute atomic E-state index is 12.1. The highest BCUT2D eigenvalue weighted by Gasteiger charge is 2.08. The highest BCUT2D eigenvalue weighted by molar-refractivity contribution is 5.96.